The van der Waals surface area contributed by atoms with Gasteiger partial charge in [-0.05, 0) is 49.4 Å². The predicted molar refractivity (Wildman–Crippen MR) is 154 cm³/mol. The van der Waals surface area contributed by atoms with E-state index in [4.69, 9.17) is 20.2 Å². The number of esters is 1. The van der Waals surface area contributed by atoms with E-state index < -0.39 is 15.4 Å². The van der Waals surface area contributed by atoms with Crippen molar-refractivity contribution in [1.29, 1.82) is 0 Å². The van der Waals surface area contributed by atoms with Crippen LogP contribution in [0.25, 0.3) is 10.8 Å². The first-order chi connectivity index (χ1) is 18.9. The number of nitrogens with two attached hydrogens (primary N) is 1. The van der Waals surface area contributed by atoms with Gasteiger partial charge in [0, 0.05) is 42.9 Å². The minimum atomic E-state index is -3.08. The number of carbonyl (C=O) groups is 1. The monoisotopic (exact) mass is 567 g/mol. The maximum atomic E-state index is 12.5. The Morgan fingerprint density at radius 3 is 2.60 bits per heavy atom. The molecule has 3 aromatic heterocycles. The van der Waals surface area contributed by atoms with Gasteiger partial charge in [-0.15, -0.1) is 0 Å². The maximum absolute atomic E-state index is 12.5. The SMILES string of the molecule is CCC[C@@H](N)c1cnc(OC2CC(S(=O)(=O)CC)C2)c2cnc(Nc3ccc4c(n3)[C@@H](C)C(C)(C)OC4=O)cc12. The average molecular weight is 568 g/mol. The molecular formula is C29H37N5O5S. The standard InChI is InChI=1S/C29H37N5O5S/c1-6-8-23(30)21-14-32-27(38-17-11-18(12-17)40(36,37)7-2)22-15-31-25(13-20(21)22)33-24-10-9-19-26(34-24)16(3)29(4,5)39-28(19)35/h9-10,13-18,23H,6-8,11-12,30H2,1-5H3,(H,31,33,34)/t16-,17?,18?,23-/m1/s1. The highest BCUT2D eigenvalue weighted by Crippen LogP contribution is 2.39. The molecule has 1 saturated carbocycles. The lowest BCUT2D eigenvalue weighted by Gasteiger charge is -2.36. The molecule has 0 aromatic carbocycles. The number of rotatable bonds is 9. The Morgan fingerprint density at radius 2 is 1.90 bits per heavy atom. The average Bonchev–Trinajstić information content (AvgIpc) is 2.88. The highest BCUT2D eigenvalue weighted by atomic mass is 32.2. The summed E-state index contributed by atoms with van der Waals surface area (Å²) < 4.78 is 36.1. The molecule has 0 radical (unpaired) electrons. The van der Waals surface area contributed by atoms with E-state index in [2.05, 4.69) is 22.2 Å². The number of ether oxygens (including phenoxy) is 2. The summed E-state index contributed by atoms with van der Waals surface area (Å²) in [6.07, 6.45) is 5.84. The van der Waals surface area contributed by atoms with Gasteiger partial charge in [0.25, 0.3) is 0 Å². The number of anilines is 2. The molecule has 0 saturated heterocycles. The Morgan fingerprint density at radius 1 is 1.15 bits per heavy atom. The summed E-state index contributed by atoms with van der Waals surface area (Å²) in [6.45, 7) is 9.51. The molecule has 0 amide bonds. The molecule has 1 aliphatic heterocycles. The third kappa shape index (κ3) is 5.24. The number of nitrogens with one attached hydrogen (secondary N) is 1. The number of nitrogens with zero attached hydrogens (tertiary/aromatic N) is 3. The number of fused-ring (bicyclic) bond motifs is 2. The van der Waals surface area contributed by atoms with E-state index in [0.29, 0.717) is 47.0 Å². The molecule has 3 aromatic rings. The van der Waals surface area contributed by atoms with Crippen molar-refractivity contribution in [2.75, 3.05) is 11.1 Å². The van der Waals surface area contributed by atoms with Crippen LogP contribution < -0.4 is 15.8 Å². The molecule has 10 nitrogen and oxygen atoms in total. The minimum absolute atomic E-state index is 0.0886. The number of aromatic nitrogens is 3. The lowest BCUT2D eigenvalue weighted by atomic mass is 9.84. The number of sulfone groups is 1. The predicted octanol–water partition coefficient (Wildman–Crippen LogP) is 4.97. The highest BCUT2D eigenvalue weighted by Gasteiger charge is 2.41. The summed E-state index contributed by atoms with van der Waals surface area (Å²) >= 11 is 0. The van der Waals surface area contributed by atoms with Crippen molar-refractivity contribution in [3.05, 3.63) is 47.4 Å². The van der Waals surface area contributed by atoms with Gasteiger partial charge in [-0.2, -0.15) is 0 Å². The van der Waals surface area contributed by atoms with Gasteiger partial charge in [-0.3, -0.25) is 0 Å². The van der Waals surface area contributed by atoms with E-state index in [1.807, 2.05) is 26.8 Å². The number of pyridine rings is 3. The second-order valence-corrected chi connectivity index (χ2v) is 13.9. The zero-order chi connectivity index (χ0) is 28.8. The second-order valence-electron chi connectivity index (χ2n) is 11.3. The molecule has 1 aliphatic carbocycles. The molecule has 214 valence electrons. The van der Waals surface area contributed by atoms with Crippen LogP contribution in [-0.4, -0.2) is 52.0 Å². The Labute approximate surface area is 235 Å². The van der Waals surface area contributed by atoms with E-state index in [1.54, 1.807) is 31.5 Å². The van der Waals surface area contributed by atoms with Crippen LogP contribution in [0.5, 0.6) is 5.88 Å². The van der Waals surface area contributed by atoms with Crippen LogP contribution in [0, 0.1) is 0 Å². The summed E-state index contributed by atoms with van der Waals surface area (Å²) in [5.41, 5.74) is 7.90. The molecule has 0 spiro atoms. The molecule has 0 bridgehead atoms. The zero-order valence-corrected chi connectivity index (χ0v) is 24.4. The molecule has 40 heavy (non-hydrogen) atoms. The summed E-state index contributed by atoms with van der Waals surface area (Å²) in [6, 6.07) is 5.15. The molecule has 11 heteroatoms. The largest absolute Gasteiger partial charge is 0.474 e. The molecule has 2 aliphatic rings. The van der Waals surface area contributed by atoms with E-state index in [-0.39, 0.29) is 35.0 Å². The van der Waals surface area contributed by atoms with E-state index in [9.17, 15) is 13.2 Å². The topological polar surface area (TPSA) is 146 Å². The van der Waals surface area contributed by atoms with Crippen LogP contribution in [0.15, 0.2) is 30.6 Å². The fraction of sp³-hybridized carbons (Fsp3) is 0.517. The first-order valence-electron chi connectivity index (χ1n) is 13.9. The molecule has 2 atom stereocenters. The normalized spacial score (nSPS) is 22.6. The Hall–Kier alpha value is -3.31. The molecule has 1 fully saturated rings. The van der Waals surface area contributed by atoms with Crippen molar-refractivity contribution >= 4 is 38.2 Å². The molecule has 5 rings (SSSR count). The van der Waals surface area contributed by atoms with Crippen molar-refractivity contribution in [2.24, 2.45) is 5.73 Å². The second kappa shape index (κ2) is 10.6. The highest BCUT2D eigenvalue weighted by molar-refractivity contribution is 7.92. The van der Waals surface area contributed by atoms with E-state index in [0.717, 1.165) is 23.8 Å². The Balaban J connectivity index is 1.45. The number of carbonyl (C=O) groups excluding carboxylic acids is 1. The fourth-order valence-corrected chi connectivity index (χ4v) is 6.73. The van der Waals surface area contributed by atoms with Gasteiger partial charge in [-0.25, -0.2) is 28.2 Å². The van der Waals surface area contributed by atoms with Crippen molar-refractivity contribution in [3.63, 3.8) is 0 Å². The van der Waals surface area contributed by atoms with Gasteiger partial charge in [0.05, 0.1) is 21.9 Å². The molecule has 0 unspecified atom stereocenters. The van der Waals surface area contributed by atoms with Crippen molar-refractivity contribution in [1.82, 2.24) is 15.0 Å². The molecular weight excluding hydrogens is 530 g/mol. The van der Waals surface area contributed by atoms with Crippen LogP contribution in [0.4, 0.5) is 11.6 Å². The fourth-order valence-electron chi connectivity index (χ4n) is 5.25. The van der Waals surface area contributed by atoms with Crippen molar-refractivity contribution in [2.45, 2.75) is 89.2 Å². The lowest BCUT2D eigenvalue weighted by Crippen LogP contribution is -2.43. The lowest BCUT2D eigenvalue weighted by molar-refractivity contribution is -0.0189. The van der Waals surface area contributed by atoms with Gasteiger partial charge >= 0.3 is 5.97 Å². The van der Waals surface area contributed by atoms with Crippen LogP contribution in [0.3, 0.4) is 0 Å². The Bertz CT molecular complexity index is 1550. The number of hydrogen-bond donors (Lipinski definition) is 2. The maximum Gasteiger partial charge on any atom is 0.340 e. The van der Waals surface area contributed by atoms with Gasteiger partial charge in [0.2, 0.25) is 5.88 Å². The quantitative estimate of drug-likeness (QED) is 0.340. The van der Waals surface area contributed by atoms with Crippen LogP contribution in [0.2, 0.25) is 0 Å². The van der Waals surface area contributed by atoms with Crippen LogP contribution in [-0.2, 0) is 14.6 Å². The van der Waals surface area contributed by atoms with Gasteiger partial charge < -0.3 is 20.5 Å². The molecule has 4 heterocycles. The van der Waals surface area contributed by atoms with Crippen LogP contribution >= 0.6 is 0 Å². The zero-order valence-electron chi connectivity index (χ0n) is 23.6. The summed E-state index contributed by atoms with van der Waals surface area (Å²) in [5, 5.41) is 4.49. The Kier molecular flexibility index (Phi) is 7.47. The minimum Gasteiger partial charge on any atom is -0.474 e. The third-order valence-electron chi connectivity index (χ3n) is 8.21. The summed E-state index contributed by atoms with van der Waals surface area (Å²) in [5.74, 6) is 1.21. The first-order valence-corrected chi connectivity index (χ1v) is 15.6. The smallest absolute Gasteiger partial charge is 0.340 e. The van der Waals surface area contributed by atoms with E-state index in [1.165, 1.54) is 0 Å². The van der Waals surface area contributed by atoms with Crippen molar-refractivity contribution < 1.29 is 22.7 Å². The van der Waals surface area contributed by atoms with Gasteiger partial charge in [0.15, 0.2) is 9.84 Å². The van der Waals surface area contributed by atoms with E-state index >= 15 is 0 Å². The third-order valence-corrected chi connectivity index (χ3v) is 10.4. The number of hydrogen-bond acceptors (Lipinski definition) is 10. The van der Waals surface area contributed by atoms with Gasteiger partial charge in [0.1, 0.15) is 23.3 Å². The number of cyclic esters (lactones) is 1. The van der Waals surface area contributed by atoms with Crippen LogP contribution in [0.1, 0.15) is 93.9 Å². The summed E-state index contributed by atoms with van der Waals surface area (Å²) in [7, 11) is -3.08. The molecule has 3 N–H and O–H groups in total. The first kappa shape index (κ1) is 28.2. The summed E-state index contributed by atoms with van der Waals surface area (Å²) in [4.78, 5) is 26.4. The van der Waals surface area contributed by atoms with Gasteiger partial charge in [-0.1, -0.05) is 27.2 Å². The van der Waals surface area contributed by atoms with Crippen molar-refractivity contribution in [3.8, 4) is 5.88 Å².